The van der Waals surface area contributed by atoms with E-state index >= 15 is 0 Å². The minimum atomic E-state index is -0.332. The summed E-state index contributed by atoms with van der Waals surface area (Å²) in [4.78, 5) is 21.0. The normalized spacial score (nSPS) is 8.25. The summed E-state index contributed by atoms with van der Waals surface area (Å²) < 4.78 is 4.93. The van der Waals surface area contributed by atoms with Crippen molar-refractivity contribution in [2.24, 2.45) is 0 Å². The van der Waals surface area contributed by atoms with Gasteiger partial charge >= 0.3 is 74.9 Å². The van der Waals surface area contributed by atoms with Crippen LogP contribution in [0.3, 0.4) is 0 Å². The monoisotopic (exact) mass is 340 g/mol. The van der Waals surface area contributed by atoms with Crippen LogP contribution >= 0.6 is 0 Å². The van der Waals surface area contributed by atoms with Crippen LogP contribution in [0.4, 0.5) is 0 Å². The zero-order chi connectivity index (χ0) is 10.2. The third kappa shape index (κ3) is 8.55. The van der Waals surface area contributed by atoms with Crippen LogP contribution in [0, 0.1) is 7.43 Å². The van der Waals surface area contributed by atoms with Crippen molar-refractivity contribution in [2.45, 2.75) is 19.4 Å². The quantitative estimate of drug-likeness (QED) is 0.399. The van der Waals surface area contributed by atoms with Gasteiger partial charge in [-0.3, -0.25) is 4.79 Å². The molecule has 0 amide bonds. The molecular weight excluding hydrogens is 325 g/mol. The maximum atomic E-state index is 11.0. The molecule has 0 aliphatic rings. The number of ether oxygens (including phenoxy) is 1. The molecule has 0 aromatic heterocycles. The van der Waals surface area contributed by atoms with E-state index in [2.05, 4.69) is 0 Å². The molecule has 0 spiro atoms. The summed E-state index contributed by atoms with van der Waals surface area (Å²) >= 11 is 0. The van der Waals surface area contributed by atoms with Gasteiger partial charge in [0.15, 0.2) is 0 Å². The van der Waals surface area contributed by atoms with Gasteiger partial charge in [0, 0.05) is 6.42 Å². The van der Waals surface area contributed by atoms with E-state index in [9.17, 15) is 9.59 Å². The predicted molar refractivity (Wildman–Crippen MR) is 58.0 cm³/mol. The Labute approximate surface area is 155 Å². The first-order valence-corrected chi connectivity index (χ1v) is 4.46. The molecular formula is C12H15CsO3. The number of aldehydes is 1. The van der Waals surface area contributed by atoms with Crippen molar-refractivity contribution in [3.05, 3.63) is 43.3 Å². The Hall–Kier alpha value is 0.412. The number of esters is 1. The summed E-state index contributed by atoms with van der Waals surface area (Å²) in [6, 6.07) is 9.43. The molecule has 0 aliphatic heterocycles. The molecule has 0 unspecified atom stereocenters. The van der Waals surface area contributed by atoms with Crippen LogP contribution in [0.25, 0.3) is 0 Å². The number of benzene rings is 1. The number of carbonyl (C=O) groups excluding carboxylic acids is 2. The zero-order valence-corrected chi connectivity index (χ0v) is 16.1. The topological polar surface area (TPSA) is 43.4 Å². The molecule has 1 aromatic rings. The van der Waals surface area contributed by atoms with E-state index in [-0.39, 0.29) is 102 Å². The predicted octanol–water partition coefficient (Wildman–Crippen LogP) is -0.837. The second-order valence-corrected chi connectivity index (χ2v) is 2.85. The van der Waals surface area contributed by atoms with Gasteiger partial charge in [-0.1, -0.05) is 30.3 Å². The van der Waals surface area contributed by atoms with E-state index in [0.29, 0.717) is 6.29 Å². The maximum Gasteiger partial charge on any atom is 1.00 e. The summed E-state index contributed by atoms with van der Waals surface area (Å²) in [6.45, 7) is 0.276. The molecule has 3 nitrogen and oxygen atoms in total. The molecule has 0 heterocycles. The number of carbonyl (C=O) groups is 2. The van der Waals surface area contributed by atoms with Crippen molar-refractivity contribution in [2.75, 3.05) is 0 Å². The molecule has 16 heavy (non-hydrogen) atoms. The number of hydrogen-bond donors (Lipinski definition) is 0. The molecule has 0 saturated carbocycles. The van der Waals surface area contributed by atoms with E-state index in [0.717, 1.165) is 5.56 Å². The summed E-state index contributed by atoms with van der Waals surface area (Å²) in [7, 11) is 0. The van der Waals surface area contributed by atoms with Crippen LogP contribution in [-0.4, -0.2) is 12.3 Å². The smallest absolute Gasteiger partial charge is 0.461 e. The van der Waals surface area contributed by atoms with E-state index in [1.165, 1.54) is 0 Å². The first-order valence-electron chi connectivity index (χ1n) is 4.46. The summed E-state index contributed by atoms with van der Waals surface area (Å²) in [6.07, 6.45) is 1.10. The van der Waals surface area contributed by atoms with Crippen LogP contribution in [0.5, 0.6) is 0 Å². The molecule has 0 radical (unpaired) electrons. The van der Waals surface area contributed by atoms with Crippen LogP contribution in [0.1, 0.15) is 18.4 Å². The summed E-state index contributed by atoms with van der Waals surface area (Å²) in [5.41, 5.74) is 0.951. The maximum absolute atomic E-state index is 11.0. The Bertz CT molecular complexity index is 298. The molecule has 0 fully saturated rings. The minimum Gasteiger partial charge on any atom is -0.461 e. The third-order valence-electron chi connectivity index (χ3n) is 1.71. The number of hydrogen-bond acceptors (Lipinski definition) is 3. The van der Waals surface area contributed by atoms with E-state index in [4.69, 9.17) is 4.74 Å². The SMILES string of the molecule is O=CCCC(=O)OCc1ccccc1.[CH3-].[Cs+]. The van der Waals surface area contributed by atoms with Gasteiger partial charge < -0.3 is 17.0 Å². The van der Waals surface area contributed by atoms with Crippen LogP contribution in [0.15, 0.2) is 30.3 Å². The van der Waals surface area contributed by atoms with Gasteiger partial charge in [0.2, 0.25) is 0 Å². The van der Waals surface area contributed by atoms with Crippen molar-refractivity contribution in [1.82, 2.24) is 0 Å². The fraction of sp³-hybridized carbons (Fsp3) is 0.250. The molecule has 1 rings (SSSR count). The van der Waals surface area contributed by atoms with E-state index < -0.39 is 0 Å². The summed E-state index contributed by atoms with van der Waals surface area (Å²) in [5.74, 6) is -0.332. The van der Waals surface area contributed by atoms with Crippen molar-refractivity contribution in [3.63, 3.8) is 0 Å². The Morgan fingerprint density at radius 3 is 2.44 bits per heavy atom. The standard InChI is InChI=1S/C11H12O3.CH3.Cs/c12-8-4-7-11(13)14-9-10-5-2-1-3-6-10;;/h1-3,5-6,8H,4,7,9H2;1H3;/q;-1;+1. The number of rotatable bonds is 5. The minimum absolute atomic E-state index is 0. The van der Waals surface area contributed by atoms with Gasteiger partial charge in [0.25, 0.3) is 0 Å². The Morgan fingerprint density at radius 1 is 1.25 bits per heavy atom. The van der Waals surface area contributed by atoms with Crippen LogP contribution < -0.4 is 68.9 Å². The van der Waals surface area contributed by atoms with Crippen molar-refractivity contribution >= 4 is 12.3 Å². The molecule has 0 N–H and O–H groups in total. The van der Waals surface area contributed by atoms with E-state index in [1.54, 1.807) is 0 Å². The average molecular weight is 340 g/mol. The van der Waals surface area contributed by atoms with E-state index in [1.807, 2.05) is 30.3 Å². The van der Waals surface area contributed by atoms with Crippen molar-refractivity contribution in [3.8, 4) is 0 Å². The van der Waals surface area contributed by atoms with Gasteiger partial charge in [0.1, 0.15) is 12.9 Å². The molecule has 0 aliphatic carbocycles. The van der Waals surface area contributed by atoms with Gasteiger partial charge in [-0.25, -0.2) is 0 Å². The fourth-order valence-electron chi connectivity index (χ4n) is 0.987. The first kappa shape index (κ1) is 18.8. The Morgan fingerprint density at radius 2 is 1.88 bits per heavy atom. The van der Waals surface area contributed by atoms with Gasteiger partial charge in [-0.15, -0.1) is 0 Å². The van der Waals surface area contributed by atoms with Crippen LogP contribution in [-0.2, 0) is 20.9 Å². The molecule has 0 saturated heterocycles. The average Bonchev–Trinajstić information content (AvgIpc) is 2.25. The fourth-order valence-corrected chi connectivity index (χ4v) is 0.987. The Kier molecular flexibility index (Phi) is 13.9. The second-order valence-electron chi connectivity index (χ2n) is 2.85. The molecule has 4 heteroatoms. The first-order chi connectivity index (χ1) is 6.83. The molecule has 0 bridgehead atoms. The van der Waals surface area contributed by atoms with Crippen molar-refractivity contribution in [1.29, 1.82) is 0 Å². The molecule has 82 valence electrons. The largest absolute Gasteiger partial charge is 1.00 e. The van der Waals surface area contributed by atoms with Gasteiger partial charge in [-0.05, 0) is 5.56 Å². The van der Waals surface area contributed by atoms with Gasteiger partial charge in [0.05, 0.1) is 6.42 Å². The van der Waals surface area contributed by atoms with Crippen molar-refractivity contribution < 1.29 is 83.2 Å². The molecule has 1 aromatic carbocycles. The Balaban J connectivity index is 0. The van der Waals surface area contributed by atoms with Crippen LogP contribution in [0.2, 0.25) is 0 Å². The third-order valence-corrected chi connectivity index (χ3v) is 1.71. The zero-order valence-electron chi connectivity index (χ0n) is 9.81. The molecule has 0 atom stereocenters. The van der Waals surface area contributed by atoms with Gasteiger partial charge in [-0.2, -0.15) is 0 Å². The summed E-state index contributed by atoms with van der Waals surface area (Å²) in [5, 5.41) is 0. The second kappa shape index (κ2) is 11.9.